The summed E-state index contributed by atoms with van der Waals surface area (Å²) in [6, 6.07) is 4.40. The summed E-state index contributed by atoms with van der Waals surface area (Å²) in [7, 11) is 2.88. The van der Waals surface area contributed by atoms with Gasteiger partial charge in [0.25, 0.3) is 5.91 Å². The van der Waals surface area contributed by atoms with Gasteiger partial charge in [-0.15, -0.1) is 0 Å². The van der Waals surface area contributed by atoms with Crippen molar-refractivity contribution in [2.24, 2.45) is 5.73 Å². The number of nitrogens with zero attached hydrogens (tertiary/aromatic N) is 1. The van der Waals surface area contributed by atoms with Crippen LogP contribution < -0.4 is 10.5 Å². The van der Waals surface area contributed by atoms with Crippen LogP contribution in [-0.2, 0) is 9.53 Å². The normalized spacial score (nSPS) is 20.4. The number of ether oxygens (including phenoxy) is 2. The number of carbonyl (C=O) groups excluding carboxylic acids is 2. The van der Waals surface area contributed by atoms with E-state index in [-0.39, 0.29) is 17.7 Å². The second-order valence-electron chi connectivity index (χ2n) is 5.91. The fraction of sp³-hybridized carbons (Fsp3) is 0.412. The van der Waals surface area contributed by atoms with Crippen molar-refractivity contribution < 1.29 is 23.5 Å². The van der Waals surface area contributed by atoms with Crippen LogP contribution >= 0.6 is 0 Å². The Morgan fingerprint density at radius 2 is 2.08 bits per heavy atom. The molecule has 2 heterocycles. The van der Waals surface area contributed by atoms with Gasteiger partial charge in [-0.05, 0) is 31.5 Å². The van der Waals surface area contributed by atoms with E-state index in [9.17, 15) is 9.59 Å². The maximum absolute atomic E-state index is 12.9. The van der Waals surface area contributed by atoms with Gasteiger partial charge >= 0.3 is 5.97 Å². The van der Waals surface area contributed by atoms with Crippen LogP contribution in [0.4, 0.5) is 0 Å². The topological polar surface area (TPSA) is 95.0 Å². The summed E-state index contributed by atoms with van der Waals surface area (Å²) in [6.07, 6.45) is 0.380. The molecule has 0 bridgehead atoms. The molecule has 0 spiro atoms. The van der Waals surface area contributed by atoms with Crippen LogP contribution in [0.1, 0.15) is 22.5 Å². The third kappa shape index (κ3) is 2.60. The van der Waals surface area contributed by atoms with E-state index in [4.69, 9.17) is 19.6 Å². The SMILES string of the molecule is COC(=O)C1CC(N)CN1C(=O)c1oc2ccc(OC)cc2c1C. The molecule has 2 aromatic rings. The molecule has 0 radical (unpaired) electrons. The van der Waals surface area contributed by atoms with Gasteiger partial charge in [0, 0.05) is 23.5 Å². The molecular formula is C17H20N2O5. The maximum atomic E-state index is 12.9. The monoisotopic (exact) mass is 332 g/mol. The van der Waals surface area contributed by atoms with Gasteiger partial charge in [-0.1, -0.05) is 0 Å². The lowest BCUT2D eigenvalue weighted by molar-refractivity contribution is -0.145. The number of aryl methyl sites for hydroxylation is 1. The van der Waals surface area contributed by atoms with Crippen molar-refractivity contribution in [2.45, 2.75) is 25.4 Å². The standard InChI is InChI=1S/C17H20N2O5/c1-9-12-7-11(22-2)4-5-14(12)24-15(9)16(20)19-8-10(18)6-13(19)17(21)23-3/h4-5,7,10,13H,6,8,18H2,1-3H3. The fourth-order valence-corrected chi connectivity index (χ4v) is 3.11. The Balaban J connectivity index is 1.98. The van der Waals surface area contributed by atoms with E-state index in [1.54, 1.807) is 19.2 Å². The highest BCUT2D eigenvalue weighted by molar-refractivity contribution is 6.01. The number of esters is 1. The van der Waals surface area contributed by atoms with Gasteiger partial charge in [-0.2, -0.15) is 0 Å². The van der Waals surface area contributed by atoms with Crippen molar-refractivity contribution >= 4 is 22.8 Å². The predicted molar refractivity (Wildman–Crippen MR) is 86.9 cm³/mol. The van der Waals surface area contributed by atoms with Crippen molar-refractivity contribution in [1.29, 1.82) is 0 Å². The number of carbonyl (C=O) groups is 2. The molecule has 1 saturated heterocycles. The van der Waals surface area contributed by atoms with Crippen molar-refractivity contribution in [3.05, 3.63) is 29.5 Å². The molecular weight excluding hydrogens is 312 g/mol. The van der Waals surface area contributed by atoms with Gasteiger partial charge < -0.3 is 24.5 Å². The van der Waals surface area contributed by atoms with Gasteiger partial charge in [0.1, 0.15) is 17.4 Å². The molecule has 7 nitrogen and oxygen atoms in total. The number of amides is 1. The molecule has 2 unspecified atom stereocenters. The summed E-state index contributed by atoms with van der Waals surface area (Å²) >= 11 is 0. The van der Waals surface area contributed by atoms with E-state index >= 15 is 0 Å². The molecule has 2 N–H and O–H groups in total. The Morgan fingerprint density at radius 1 is 1.33 bits per heavy atom. The molecule has 0 saturated carbocycles. The molecule has 0 aliphatic carbocycles. The van der Waals surface area contributed by atoms with Crippen molar-refractivity contribution in [3.8, 4) is 5.75 Å². The molecule has 1 aromatic heterocycles. The first-order chi connectivity index (χ1) is 11.5. The summed E-state index contributed by atoms with van der Waals surface area (Å²) in [6.45, 7) is 2.10. The molecule has 24 heavy (non-hydrogen) atoms. The quantitative estimate of drug-likeness (QED) is 0.855. The number of rotatable bonds is 3. The molecule has 1 fully saturated rings. The lowest BCUT2D eigenvalue weighted by Gasteiger charge is -2.21. The van der Waals surface area contributed by atoms with Gasteiger partial charge in [0.2, 0.25) is 0 Å². The summed E-state index contributed by atoms with van der Waals surface area (Å²) in [5.74, 6) is 0.0695. The molecule has 1 aliphatic heterocycles. The molecule has 1 amide bonds. The average Bonchev–Trinajstić information content (AvgIpc) is 3.14. The van der Waals surface area contributed by atoms with Gasteiger partial charge in [-0.3, -0.25) is 4.79 Å². The van der Waals surface area contributed by atoms with Gasteiger partial charge in [0.15, 0.2) is 5.76 Å². The van der Waals surface area contributed by atoms with Crippen LogP contribution in [-0.4, -0.2) is 49.6 Å². The van der Waals surface area contributed by atoms with E-state index < -0.39 is 12.0 Å². The van der Waals surface area contributed by atoms with Gasteiger partial charge in [-0.25, -0.2) is 4.79 Å². The average molecular weight is 332 g/mol. The molecule has 1 aliphatic rings. The zero-order valence-electron chi connectivity index (χ0n) is 13.9. The molecule has 2 atom stereocenters. The van der Waals surface area contributed by atoms with E-state index in [0.717, 1.165) is 5.39 Å². The smallest absolute Gasteiger partial charge is 0.328 e. The Morgan fingerprint density at radius 3 is 2.75 bits per heavy atom. The highest BCUT2D eigenvalue weighted by Crippen LogP contribution is 2.31. The lowest BCUT2D eigenvalue weighted by Crippen LogP contribution is -2.41. The number of benzene rings is 1. The Bertz CT molecular complexity index is 798. The van der Waals surface area contributed by atoms with Crippen molar-refractivity contribution in [2.75, 3.05) is 20.8 Å². The number of likely N-dealkylation sites (tertiary alicyclic amines) is 1. The van der Waals surface area contributed by atoms with Crippen molar-refractivity contribution in [3.63, 3.8) is 0 Å². The number of hydrogen-bond donors (Lipinski definition) is 1. The minimum absolute atomic E-state index is 0.209. The maximum Gasteiger partial charge on any atom is 0.328 e. The van der Waals surface area contributed by atoms with Gasteiger partial charge in [0.05, 0.1) is 14.2 Å². The Hall–Kier alpha value is -2.54. The van der Waals surface area contributed by atoms with E-state index in [2.05, 4.69) is 0 Å². The van der Waals surface area contributed by atoms with Crippen LogP contribution in [0, 0.1) is 6.92 Å². The fourth-order valence-electron chi connectivity index (χ4n) is 3.11. The van der Waals surface area contributed by atoms with Crippen LogP contribution in [0.2, 0.25) is 0 Å². The van der Waals surface area contributed by atoms with Crippen LogP contribution in [0.5, 0.6) is 5.75 Å². The van der Waals surface area contributed by atoms with E-state index in [1.807, 2.05) is 13.0 Å². The predicted octanol–water partition coefficient (Wildman–Crippen LogP) is 1.46. The third-order valence-electron chi connectivity index (χ3n) is 4.41. The van der Waals surface area contributed by atoms with Crippen LogP contribution in [0.25, 0.3) is 11.0 Å². The molecule has 128 valence electrons. The van der Waals surface area contributed by atoms with Crippen molar-refractivity contribution in [1.82, 2.24) is 4.90 Å². The lowest BCUT2D eigenvalue weighted by atomic mass is 10.1. The summed E-state index contributed by atoms with van der Waals surface area (Å²) in [5, 5.41) is 0.802. The summed E-state index contributed by atoms with van der Waals surface area (Å²) < 4.78 is 15.7. The zero-order chi connectivity index (χ0) is 17.4. The first-order valence-corrected chi connectivity index (χ1v) is 7.67. The number of furan rings is 1. The minimum atomic E-state index is -0.681. The first kappa shape index (κ1) is 16.3. The van der Waals surface area contributed by atoms with Crippen LogP contribution in [0.15, 0.2) is 22.6 Å². The summed E-state index contributed by atoms with van der Waals surface area (Å²) in [5.41, 5.74) is 7.22. The molecule has 1 aromatic carbocycles. The number of methoxy groups -OCH3 is 2. The molecule has 7 heteroatoms. The summed E-state index contributed by atoms with van der Waals surface area (Å²) in [4.78, 5) is 26.3. The highest BCUT2D eigenvalue weighted by Gasteiger charge is 2.40. The number of fused-ring (bicyclic) bond motifs is 1. The number of nitrogens with two attached hydrogens (primary N) is 1. The Labute approximate surface area is 139 Å². The highest BCUT2D eigenvalue weighted by atomic mass is 16.5. The second-order valence-corrected chi connectivity index (χ2v) is 5.91. The largest absolute Gasteiger partial charge is 0.497 e. The number of hydrogen-bond acceptors (Lipinski definition) is 6. The second kappa shape index (κ2) is 6.16. The zero-order valence-corrected chi connectivity index (χ0v) is 13.9. The minimum Gasteiger partial charge on any atom is -0.497 e. The first-order valence-electron chi connectivity index (χ1n) is 7.67. The van der Waals surface area contributed by atoms with E-state index in [0.29, 0.717) is 29.9 Å². The third-order valence-corrected chi connectivity index (χ3v) is 4.41. The van der Waals surface area contributed by atoms with E-state index in [1.165, 1.54) is 12.0 Å². The Kier molecular flexibility index (Phi) is 4.19. The van der Waals surface area contributed by atoms with Crippen LogP contribution in [0.3, 0.4) is 0 Å². The molecule has 3 rings (SSSR count).